The van der Waals surface area contributed by atoms with E-state index in [9.17, 15) is 33.9 Å². The number of aryl methyl sites for hydroxylation is 2. The second-order valence-electron chi connectivity index (χ2n) is 18.0. The minimum atomic E-state index is -0.947. The van der Waals surface area contributed by atoms with Crippen LogP contribution in [0.25, 0.3) is 22.3 Å². The summed E-state index contributed by atoms with van der Waals surface area (Å²) < 4.78 is 5.90. The number of H-pyrrole nitrogens is 2. The van der Waals surface area contributed by atoms with Gasteiger partial charge in [0, 0.05) is 48.5 Å². The lowest BCUT2D eigenvalue weighted by atomic mass is 9.55. The van der Waals surface area contributed by atoms with Crippen molar-refractivity contribution in [3.8, 4) is 0 Å². The molecule has 8 rings (SSSR count). The van der Waals surface area contributed by atoms with E-state index in [-0.39, 0.29) is 44.7 Å². The number of aromatic amines is 2. The Balaban J connectivity index is 0.000000180. The number of fused-ring (bicyclic) bond motifs is 6. The van der Waals surface area contributed by atoms with Gasteiger partial charge in [-0.25, -0.2) is 24.4 Å². The first-order chi connectivity index (χ1) is 28.4. The van der Waals surface area contributed by atoms with Crippen molar-refractivity contribution >= 4 is 34.6 Å². The predicted octanol–water partition coefficient (Wildman–Crippen LogP) is 6.07. The molecule has 15 nitrogen and oxygen atoms in total. The molecule has 3 unspecified atom stereocenters. The van der Waals surface area contributed by atoms with E-state index in [4.69, 9.17) is 9.97 Å². The summed E-state index contributed by atoms with van der Waals surface area (Å²) in [5.41, 5.74) is -0.200. The Hall–Kier alpha value is -4.82. The smallest absolute Gasteiger partial charge is 0.332 e. The summed E-state index contributed by atoms with van der Waals surface area (Å²) in [5, 5.41) is 9.19. The van der Waals surface area contributed by atoms with Crippen molar-refractivity contribution in [2.24, 2.45) is 17.3 Å². The second kappa shape index (κ2) is 17.0. The highest BCUT2D eigenvalue weighted by atomic mass is 16.4. The van der Waals surface area contributed by atoms with Crippen molar-refractivity contribution in [3.05, 3.63) is 65.5 Å². The van der Waals surface area contributed by atoms with Gasteiger partial charge in [0.15, 0.2) is 11.3 Å². The van der Waals surface area contributed by atoms with E-state index < -0.39 is 5.97 Å². The largest absolute Gasteiger partial charge is 0.478 e. The van der Waals surface area contributed by atoms with Crippen LogP contribution in [0.2, 0.25) is 0 Å². The Morgan fingerprint density at radius 3 is 1.76 bits per heavy atom. The van der Waals surface area contributed by atoms with Crippen LogP contribution in [0, 0.1) is 17.3 Å². The molecule has 0 aliphatic heterocycles. The highest BCUT2D eigenvalue weighted by Gasteiger charge is 2.51. The zero-order valence-electron chi connectivity index (χ0n) is 35.3. The van der Waals surface area contributed by atoms with Crippen molar-refractivity contribution in [2.75, 3.05) is 0 Å². The first-order valence-electron chi connectivity index (χ1n) is 22.3. The Kier molecular flexibility index (Phi) is 12.2. The number of carboxylic acids is 1. The molecule has 4 fully saturated rings. The van der Waals surface area contributed by atoms with Gasteiger partial charge in [-0.2, -0.15) is 0 Å². The average Bonchev–Trinajstić information content (AvgIpc) is 3.89. The van der Waals surface area contributed by atoms with Gasteiger partial charge in [0.2, 0.25) is 0 Å². The molecule has 0 amide bonds. The average molecular weight is 815 g/mol. The lowest BCUT2D eigenvalue weighted by Crippen LogP contribution is -2.44. The fourth-order valence-electron chi connectivity index (χ4n) is 11.4. The van der Waals surface area contributed by atoms with E-state index in [0.29, 0.717) is 60.8 Å². The number of nitrogens with one attached hydrogen (secondary N) is 2. The number of nitrogens with zero attached hydrogens (tertiary/aromatic N) is 6. The van der Waals surface area contributed by atoms with Gasteiger partial charge in [-0.3, -0.25) is 27.9 Å². The van der Waals surface area contributed by atoms with Gasteiger partial charge in [-0.15, -0.1) is 0 Å². The maximum absolute atomic E-state index is 13.1. The molecular weight excluding hydrogens is 753 g/mol. The molecule has 3 atom stereocenters. The fourth-order valence-corrected chi connectivity index (χ4v) is 11.4. The Labute approximate surface area is 343 Å². The molecule has 4 saturated carbocycles. The molecule has 0 saturated heterocycles. The zero-order chi connectivity index (χ0) is 42.1. The van der Waals surface area contributed by atoms with Crippen molar-refractivity contribution in [1.82, 2.24) is 38.2 Å². The third kappa shape index (κ3) is 7.51. The van der Waals surface area contributed by atoms with Crippen molar-refractivity contribution in [3.63, 3.8) is 0 Å². The van der Waals surface area contributed by atoms with Gasteiger partial charge in [0.1, 0.15) is 29.0 Å². The number of hydrogen-bond donors (Lipinski definition) is 3. The molecule has 15 heteroatoms. The van der Waals surface area contributed by atoms with E-state index in [1.165, 1.54) is 21.6 Å². The number of carboxylic acid groups (broad SMARTS) is 1. The van der Waals surface area contributed by atoms with E-state index >= 15 is 0 Å². The van der Waals surface area contributed by atoms with Crippen LogP contribution in [0.3, 0.4) is 0 Å². The number of aliphatic carboxylic acids is 1. The van der Waals surface area contributed by atoms with Gasteiger partial charge in [0.25, 0.3) is 11.1 Å². The molecule has 59 heavy (non-hydrogen) atoms. The fraction of sp³-hybridized carbons (Fsp3) is 0.682. The third-order valence-corrected chi connectivity index (χ3v) is 14.0. The number of carbonyl (C=O) groups excluding carboxylic acids is 1. The van der Waals surface area contributed by atoms with Crippen LogP contribution < -0.4 is 22.5 Å². The highest BCUT2D eigenvalue weighted by molar-refractivity contribution is 5.79. The first-order valence-corrected chi connectivity index (χ1v) is 22.3. The molecule has 4 heterocycles. The lowest BCUT2D eigenvalue weighted by molar-refractivity contribution is -0.131. The second-order valence-corrected chi connectivity index (χ2v) is 18.0. The number of imidazole rings is 2. The Morgan fingerprint density at radius 2 is 1.24 bits per heavy atom. The van der Waals surface area contributed by atoms with Crippen molar-refractivity contribution in [2.45, 2.75) is 174 Å². The number of aldehydes is 1. The maximum atomic E-state index is 13.1. The molecule has 4 aliphatic rings. The molecule has 4 aromatic rings. The highest BCUT2D eigenvalue weighted by Crippen LogP contribution is 2.56. The third-order valence-electron chi connectivity index (χ3n) is 14.0. The summed E-state index contributed by atoms with van der Waals surface area (Å²) >= 11 is 0. The molecule has 3 N–H and O–H groups in total. The molecule has 0 radical (unpaired) electrons. The summed E-state index contributed by atoms with van der Waals surface area (Å²) in [6.45, 7) is 9.74. The normalized spacial score (nSPS) is 26.6. The zero-order valence-corrected chi connectivity index (χ0v) is 35.3. The topological polar surface area (TPSA) is 200 Å². The summed E-state index contributed by atoms with van der Waals surface area (Å²) in [6.07, 6.45) is 19.9. The van der Waals surface area contributed by atoms with Crippen LogP contribution in [0.15, 0.2) is 31.3 Å². The van der Waals surface area contributed by atoms with Gasteiger partial charge < -0.3 is 19.9 Å². The van der Waals surface area contributed by atoms with Crippen molar-refractivity contribution < 1.29 is 14.7 Å². The number of carbonyl (C=O) groups is 2. The summed E-state index contributed by atoms with van der Waals surface area (Å²) in [4.78, 5) is 91.5. The number of aromatic nitrogens is 8. The molecule has 4 bridgehead atoms. The van der Waals surface area contributed by atoms with E-state index in [2.05, 4.69) is 9.97 Å². The monoisotopic (exact) mass is 814 g/mol. The predicted molar refractivity (Wildman–Crippen MR) is 226 cm³/mol. The lowest BCUT2D eigenvalue weighted by Gasteiger charge is -2.49. The molecule has 4 aliphatic carbocycles. The standard InChI is InChI=1S/C23H32N4O4.C21H30N4O3/c1-3-12-26-19-18(20(30)27(13-4-2)22(26)31)24-21(25-19)23-11-5-6-15(14-23)7-8-16(23)9-10-17(28)29;1-3-11-24-16-15(17(27)25(12-4-2)19(24)28)22-18(23-16)21-9-5-7-20(13-21,14-26)8-6-10-21/h9-10,15-16H,3-8,11-14H2,1-2H3,(H,24,25)(H,28,29);14H,3-13H2,1-2H3,(H,22,23)/b10-9+;. The van der Waals surface area contributed by atoms with E-state index in [1.54, 1.807) is 9.13 Å². The SMILES string of the molecule is CCCn1c(=O)c2[nH]c(C34CCCC(C=O)(CCC3)C4)nc2n(CCC)c1=O.CCCn1c(=O)c2[nH]c(C34CCCC(CCC3/C=C/C(=O)O)C4)nc2n(CCC)c1=O. The minimum absolute atomic E-state index is 0.0462. The van der Waals surface area contributed by atoms with Gasteiger partial charge in [-0.1, -0.05) is 59.5 Å². The van der Waals surface area contributed by atoms with Crippen LogP contribution >= 0.6 is 0 Å². The molecule has 320 valence electrons. The van der Waals surface area contributed by atoms with Crippen molar-refractivity contribution in [1.29, 1.82) is 0 Å². The maximum Gasteiger partial charge on any atom is 0.332 e. The van der Waals surface area contributed by atoms with E-state index in [1.807, 2.05) is 33.8 Å². The first kappa shape index (κ1) is 42.3. The molecule has 0 spiro atoms. The van der Waals surface area contributed by atoms with Crippen LogP contribution in [-0.2, 0) is 46.6 Å². The quantitative estimate of drug-likeness (QED) is 0.106. The molecule has 0 aromatic carbocycles. The number of rotatable bonds is 13. The number of allylic oxidation sites excluding steroid dienone is 1. The van der Waals surface area contributed by atoms with Crippen LogP contribution in [0.4, 0.5) is 0 Å². The summed E-state index contributed by atoms with van der Waals surface area (Å²) in [5.74, 6) is 1.22. The minimum Gasteiger partial charge on any atom is -0.478 e. The Bertz CT molecular complexity index is 2470. The van der Waals surface area contributed by atoms with Crippen LogP contribution in [0.5, 0.6) is 0 Å². The summed E-state index contributed by atoms with van der Waals surface area (Å²) in [6, 6.07) is 0. The van der Waals surface area contributed by atoms with Crippen LogP contribution in [0.1, 0.15) is 148 Å². The van der Waals surface area contributed by atoms with E-state index in [0.717, 1.165) is 114 Å². The number of hydrogen-bond acceptors (Lipinski definition) is 8. The molecular formula is C44H62N8O7. The van der Waals surface area contributed by atoms with Gasteiger partial charge in [-0.05, 0) is 95.3 Å². The molecule has 4 aromatic heterocycles. The van der Waals surface area contributed by atoms with Crippen LogP contribution in [-0.4, -0.2) is 55.6 Å². The van der Waals surface area contributed by atoms with Gasteiger partial charge in [0.05, 0.1) is 0 Å². The Morgan fingerprint density at radius 1 is 0.712 bits per heavy atom. The summed E-state index contributed by atoms with van der Waals surface area (Å²) in [7, 11) is 0. The van der Waals surface area contributed by atoms with Gasteiger partial charge >= 0.3 is 17.3 Å².